The van der Waals surface area contributed by atoms with Gasteiger partial charge in [-0.1, -0.05) is 38.1 Å². The highest BCUT2D eigenvalue weighted by atomic mass is 32.2. The van der Waals surface area contributed by atoms with Crippen LogP contribution in [-0.4, -0.2) is 25.2 Å². The Morgan fingerprint density at radius 2 is 1.80 bits per heavy atom. The van der Waals surface area contributed by atoms with Gasteiger partial charge in [-0.3, -0.25) is 4.79 Å². The molecule has 5 nitrogen and oxygen atoms in total. The lowest BCUT2D eigenvalue weighted by Crippen LogP contribution is -2.36. The summed E-state index contributed by atoms with van der Waals surface area (Å²) in [5.74, 6) is -0.157. The van der Waals surface area contributed by atoms with Gasteiger partial charge in [-0.05, 0) is 41.8 Å². The maximum atomic E-state index is 12.8. The average Bonchev–Trinajstić information content (AvgIpc) is 2.61. The lowest BCUT2D eigenvalue weighted by molar-refractivity contribution is -0.118. The molecule has 0 spiro atoms. The maximum absolute atomic E-state index is 12.8. The Balaban J connectivity index is 1.84. The lowest BCUT2D eigenvalue weighted by atomic mass is 10.0. The number of nitrogens with one attached hydrogen (secondary N) is 1. The topological polar surface area (TPSA) is 66.5 Å². The van der Waals surface area contributed by atoms with Gasteiger partial charge in [0, 0.05) is 24.7 Å². The van der Waals surface area contributed by atoms with E-state index in [1.807, 2.05) is 32.0 Å². The van der Waals surface area contributed by atoms with Gasteiger partial charge in [0.05, 0.1) is 4.90 Å². The van der Waals surface area contributed by atoms with E-state index in [9.17, 15) is 13.2 Å². The number of anilines is 1. The number of carbonyl (C=O) groups is 1. The molecule has 2 aromatic rings. The molecule has 0 aliphatic carbocycles. The van der Waals surface area contributed by atoms with Gasteiger partial charge >= 0.3 is 0 Å². The van der Waals surface area contributed by atoms with Crippen LogP contribution in [0.4, 0.5) is 5.69 Å². The molecule has 0 aromatic heterocycles. The van der Waals surface area contributed by atoms with E-state index in [-0.39, 0.29) is 11.8 Å². The molecule has 6 heteroatoms. The normalized spacial score (nSPS) is 15.0. The number of benzene rings is 2. The van der Waals surface area contributed by atoms with Crippen molar-refractivity contribution in [1.29, 1.82) is 0 Å². The number of sulfonamides is 1. The Bertz CT molecular complexity index is 877. The second-order valence-electron chi connectivity index (χ2n) is 6.53. The Labute approximate surface area is 148 Å². The third-order valence-electron chi connectivity index (χ3n) is 4.36. The molecule has 0 fully saturated rings. The SMILES string of the molecule is CC(C)C(=O)Nc1ccc2c(c1)CN(S(=O)(=O)c1ccccc1)CC2. The highest BCUT2D eigenvalue weighted by molar-refractivity contribution is 7.89. The zero-order chi connectivity index (χ0) is 18.0. The zero-order valence-corrected chi connectivity index (χ0v) is 15.2. The van der Waals surface area contributed by atoms with Crippen LogP contribution in [-0.2, 0) is 27.8 Å². The highest BCUT2D eigenvalue weighted by Crippen LogP contribution is 2.27. The third kappa shape index (κ3) is 3.75. The molecule has 0 unspecified atom stereocenters. The first kappa shape index (κ1) is 17.6. The van der Waals surface area contributed by atoms with Crippen LogP contribution in [0.2, 0.25) is 0 Å². The monoisotopic (exact) mass is 358 g/mol. The standard InChI is InChI=1S/C19H22N2O3S/c1-14(2)19(22)20-17-9-8-15-10-11-21(13-16(15)12-17)25(23,24)18-6-4-3-5-7-18/h3-9,12,14H,10-11,13H2,1-2H3,(H,20,22). The summed E-state index contributed by atoms with van der Waals surface area (Å²) in [6.45, 7) is 4.45. The van der Waals surface area contributed by atoms with Crippen molar-refractivity contribution in [3.63, 3.8) is 0 Å². The highest BCUT2D eigenvalue weighted by Gasteiger charge is 2.28. The van der Waals surface area contributed by atoms with Gasteiger partial charge in [0.15, 0.2) is 0 Å². The van der Waals surface area contributed by atoms with Crippen molar-refractivity contribution in [2.75, 3.05) is 11.9 Å². The number of amides is 1. The summed E-state index contributed by atoms with van der Waals surface area (Å²) in [7, 11) is -3.51. The number of carbonyl (C=O) groups excluding carboxylic acids is 1. The number of fused-ring (bicyclic) bond motifs is 1. The van der Waals surface area contributed by atoms with Gasteiger partial charge in [0.1, 0.15) is 0 Å². The Morgan fingerprint density at radius 3 is 2.48 bits per heavy atom. The molecular formula is C19H22N2O3S. The molecule has 1 heterocycles. The second kappa shape index (κ2) is 6.98. The average molecular weight is 358 g/mol. The van der Waals surface area contributed by atoms with Crippen molar-refractivity contribution in [3.05, 3.63) is 59.7 Å². The second-order valence-corrected chi connectivity index (χ2v) is 8.47. The smallest absolute Gasteiger partial charge is 0.243 e. The van der Waals surface area contributed by atoms with Crippen molar-refractivity contribution in [1.82, 2.24) is 4.31 Å². The summed E-state index contributed by atoms with van der Waals surface area (Å²) in [5, 5.41) is 2.87. The molecule has 0 bridgehead atoms. The predicted molar refractivity (Wildman–Crippen MR) is 97.7 cm³/mol. The van der Waals surface area contributed by atoms with Crippen LogP contribution in [0.25, 0.3) is 0 Å². The number of hydrogen-bond acceptors (Lipinski definition) is 3. The molecule has 0 atom stereocenters. The molecule has 0 saturated heterocycles. The quantitative estimate of drug-likeness (QED) is 0.913. The molecule has 0 radical (unpaired) electrons. The predicted octanol–water partition coefficient (Wildman–Crippen LogP) is 3.03. The summed E-state index contributed by atoms with van der Waals surface area (Å²) in [6.07, 6.45) is 0.666. The lowest BCUT2D eigenvalue weighted by Gasteiger charge is -2.28. The molecule has 1 aliphatic rings. The molecule has 1 N–H and O–H groups in total. The van der Waals surface area contributed by atoms with Gasteiger partial charge < -0.3 is 5.32 Å². The molecule has 132 valence electrons. The summed E-state index contributed by atoms with van der Waals surface area (Å²) in [6, 6.07) is 14.2. The van der Waals surface area contributed by atoms with E-state index in [1.165, 1.54) is 4.31 Å². The first-order valence-corrected chi connectivity index (χ1v) is 9.80. The minimum absolute atomic E-state index is 0.0514. The van der Waals surface area contributed by atoms with Crippen LogP contribution < -0.4 is 5.32 Å². The molecular weight excluding hydrogens is 336 g/mol. The molecule has 0 saturated carbocycles. The molecule has 1 aliphatic heterocycles. The van der Waals surface area contributed by atoms with Crippen molar-refractivity contribution >= 4 is 21.6 Å². The van der Waals surface area contributed by atoms with E-state index in [2.05, 4.69) is 5.32 Å². The minimum atomic E-state index is -3.51. The molecule has 3 rings (SSSR count). The van der Waals surface area contributed by atoms with E-state index in [0.717, 1.165) is 11.1 Å². The molecule has 2 aromatic carbocycles. The minimum Gasteiger partial charge on any atom is -0.326 e. The fourth-order valence-corrected chi connectivity index (χ4v) is 4.28. The largest absolute Gasteiger partial charge is 0.326 e. The van der Waals surface area contributed by atoms with Crippen LogP contribution >= 0.6 is 0 Å². The van der Waals surface area contributed by atoms with Crippen LogP contribution in [0.1, 0.15) is 25.0 Å². The Hall–Kier alpha value is -2.18. The Kier molecular flexibility index (Phi) is 4.92. The van der Waals surface area contributed by atoms with Gasteiger partial charge in [-0.2, -0.15) is 4.31 Å². The first-order chi connectivity index (χ1) is 11.9. The van der Waals surface area contributed by atoms with Crippen LogP contribution in [0.5, 0.6) is 0 Å². The fraction of sp³-hybridized carbons (Fsp3) is 0.316. The summed E-state index contributed by atoms with van der Waals surface area (Å²) >= 11 is 0. The maximum Gasteiger partial charge on any atom is 0.243 e. The van der Waals surface area contributed by atoms with Gasteiger partial charge in [-0.25, -0.2) is 8.42 Å². The number of hydrogen-bond donors (Lipinski definition) is 1. The first-order valence-electron chi connectivity index (χ1n) is 8.36. The van der Waals surface area contributed by atoms with Gasteiger partial charge in [-0.15, -0.1) is 0 Å². The summed E-state index contributed by atoms with van der Waals surface area (Å²) in [4.78, 5) is 12.2. The van der Waals surface area contributed by atoms with Crippen molar-refractivity contribution < 1.29 is 13.2 Å². The summed E-state index contributed by atoms with van der Waals surface area (Å²) < 4.78 is 27.1. The van der Waals surface area contributed by atoms with Crippen molar-refractivity contribution in [2.45, 2.75) is 31.7 Å². The van der Waals surface area contributed by atoms with Crippen molar-refractivity contribution in [3.8, 4) is 0 Å². The van der Waals surface area contributed by atoms with E-state index in [1.54, 1.807) is 30.3 Å². The zero-order valence-electron chi connectivity index (χ0n) is 14.4. The van der Waals surface area contributed by atoms with E-state index >= 15 is 0 Å². The fourth-order valence-electron chi connectivity index (χ4n) is 2.84. The van der Waals surface area contributed by atoms with E-state index < -0.39 is 10.0 Å². The van der Waals surface area contributed by atoms with E-state index in [4.69, 9.17) is 0 Å². The van der Waals surface area contributed by atoms with Crippen LogP contribution in [0.3, 0.4) is 0 Å². The van der Waals surface area contributed by atoms with Crippen LogP contribution in [0.15, 0.2) is 53.4 Å². The van der Waals surface area contributed by atoms with Gasteiger partial charge in [0.2, 0.25) is 15.9 Å². The molecule has 25 heavy (non-hydrogen) atoms. The number of rotatable bonds is 4. The Morgan fingerprint density at radius 1 is 1.08 bits per heavy atom. The van der Waals surface area contributed by atoms with Crippen molar-refractivity contribution in [2.24, 2.45) is 5.92 Å². The van der Waals surface area contributed by atoms with E-state index in [0.29, 0.717) is 30.1 Å². The molecule has 1 amide bonds. The van der Waals surface area contributed by atoms with Gasteiger partial charge in [0.25, 0.3) is 0 Å². The number of nitrogens with zero attached hydrogens (tertiary/aromatic N) is 1. The summed E-state index contributed by atoms with van der Waals surface area (Å²) in [5.41, 5.74) is 2.77. The third-order valence-corrected chi connectivity index (χ3v) is 6.22. The van der Waals surface area contributed by atoms with Crippen LogP contribution in [0, 0.1) is 5.92 Å².